The molecule has 36 heavy (non-hydrogen) atoms. The first kappa shape index (κ1) is 23.4. The van der Waals surface area contributed by atoms with Crippen LogP contribution in [0.1, 0.15) is 35.2 Å². The molecule has 1 aliphatic rings. The van der Waals surface area contributed by atoms with Crippen molar-refractivity contribution in [1.82, 2.24) is 9.97 Å². The van der Waals surface area contributed by atoms with Crippen molar-refractivity contribution in [3.05, 3.63) is 90.6 Å². The summed E-state index contributed by atoms with van der Waals surface area (Å²) in [5.41, 5.74) is 0.838. The van der Waals surface area contributed by atoms with E-state index in [0.717, 1.165) is 29.7 Å². The molecule has 180 valence electrons. The summed E-state index contributed by atoms with van der Waals surface area (Å²) < 4.78 is 18.7. The molecule has 0 unspecified atom stereocenters. The zero-order valence-corrected chi connectivity index (χ0v) is 19.9. The van der Waals surface area contributed by atoms with E-state index in [1.807, 2.05) is 6.07 Å². The molecule has 0 aliphatic heterocycles. The highest BCUT2D eigenvalue weighted by molar-refractivity contribution is 7.18. The normalized spacial score (nSPS) is 15.4. The van der Waals surface area contributed by atoms with Crippen LogP contribution in [0.4, 0.5) is 10.1 Å². The molecule has 4 aromatic rings. The molecule has 1 atom stereocenters. The molecule has 0 fully saturated rings. The van der Waals surface area contributed by atoms with Crippen molar-refractivity contribution in [2.24, 2.45) is 5.92 Å². The quantitative estimate of drug-likeness (QED) is 0.202. The predicted molar refractivity (Wildman–Crippen MR) is 134 cm³/mol. The number of rotatable bonds is 5. The van der Waals surface area contributed by atoms with Gasteiger partial charge in [-0.3, -0.25) is 14.9 Å². The summed E-state index contributed by atoms with van der Waals surface area (Å²) in [5.74, 6) is 0.404. The molecule has 2 aromatic heterocycles. The number of benzene rings is 2. The van der Waals surface area contributed by atoms with Crippen LogP contribution < -0.4 is 10.3 Å². The molecule has 0 saturated heterocycles. The van der Waals surface area contributed by atoms with Crippen molar-refractivity contribution in [2.75, 3.05) is 0 Å². The predicted octanol–water partition coefficient (Wildman–Crippen LogP) is 6.01. The molecule has 2 aromatic carbocycles. The smallest absolute Gasteiger partial charge is 0.312 e. The Hall–Kier alpha value is -4.36. The van der Waals surface area contributed by atoms with E-state index >= 15 is 0 Å². The van der Waals surface area contributed by atoms with Gasteiger partial charge >= 0.3 is 5.69 Å². The highest BCUT2D eigenvalue weighted by Gasteiger charge is 2.24. The van der Waals surface area contributed by atoms with Gasteiger partial charge in [-0.15, -0.1) is 11.3 Å². The molecule has 10 heteroatoms. The number of allylic oxidation sites excluding steroid dienone is 1. The van der Waals surface area contributed by atoms with E-state index in [1.54, 1.807) is 6.07 Å². The maximum atomic E-state index is 13.1. The van der Waals surface area contributed by atoms with Gasteiger partial charge in [-0.1, -0.05) is 13.0 Å². The van der Waals surface area contributed by atoms with Crippen LogP contribution in [0, 0.1) is 33.2 Å². The van der Waals surface area contributed by atoms with Crippen LogP contribution in [0.25, 0.3) is 21.9 Å². The summed E-state index contributed by atoms with van der Waals surface area (Å²) in [7, 11) is 0. The lowest BCUT2D eigenvalue weighted by Gasteiger charge is -2.17. The molecule has 5 rings (SSSR count). The fraction of sp³-hybridized carbons (Fsp3) is 0.192. The lowest BCUT2D eigenvalue weighted by Crippen LogP contribution is -2.14. The largest absolute Gasteiger partial charge is 0.450 e. The second kappa shape index (κ2) is 9.36. The van der Waals surface area contributed by atoms with Gasteiger partial charge in [0.1, 0.15) is 22.5 Å². The fourth-order valence-corrected chi connectivity index (χ4v) is 5.66. The van der Waals surface area contributed by atoms with Crippen LogP contribution in [0.15, 0.2) is 47.3 Å². The minimum atomic E-state index is -0.606. The third kappa shape index (κ3) is 4.48. The SMILES string of the molecule is C[C@H]1CCc2c(sc3nc(/C(C#N)=C\c4ccc(Oc5ccc(F)cc5)c([N+](=O)[O-])c4)[nH]c(=O)c23)C1. The van der Waals surface area contributed by atoms with Gasteiger partial charge in [0.25, 0.3) is 5.56 Å². The number of nitriles is 1. The molecule has 2 heterocycles. The third-order valence-electron chi connectivity index (χ3n) is 6.07. The number of hydrogen-bond acceptors (Lipinski definition) is 7. The van der Waals surface area contributed by atoms with Crippen molar-refractivity contribution in [1.29, 1.82) is 5.26 Å². The van der Waals surface area contributed by atoms with Gasteiger partial charge in [-0.25, -0.2) is 9.37 Å². The summed E-state index contributed by atoms with van der Waals surface area (Å²) in [6.07, 6.45) is 4.18. The number of aryl methyl sites for hydroxylation is 1. The lowest BCUT2D eigenvalue weighted by atomic mass is 9.89. The van der Waals surface area contributed by atoms with E-state index in [9.17, 15) is 24.6 Å². The second-order valence-corrected chi connectivity index (χ2v) is 9.74. The fourth-order valence-electron chi connectivity index (χ4n) is 4.28. The average Bonchev–Trinajstić information content (AvgIpc) is 3.22. The van der Waals surface area contributed by atoms with Crippen molar-refractivity contribution in [3.63, 3.8) is 0 Å². The first-order valence-corrected chi connectivity index (χ1v) is 12.0. The highest BCUT2D eigenvalue weighted by atomic mass is 32.1. The molecule has 0 spiro atoms. The van der Waals surface area contributed by atoms with Gasteiger partial charge < -0.3 is 9.72 Å². The van der Waals surface area contributed by atoms with E-state index in [2.05, 4.69) is 16.9 Å². The molecule has 0 bridgehead atoms. The summed E-state index contributed by atoms with van der Waals surface area (Å²) in [6, 6.07) is 11.3. The summed E-state index contributed by atoms with van der Waals surface area (Å²) in [5, 5.41) is 22.0. The van der Waals surface area contributed by atoms with Crippen LogP contribution in [-0.4, -0.2) is 14.9 Å². The van der Waals surface area contributed by atoms with Crippen molar-refractivity contribution in [2.45, 2.75) is 26.2 Å². The Morgan fingerprint density at radius 3 is 2.83 bits per heavy atom. The Morgan fingerprint density at radius 2 is 2.11 bits per heavy atom. The Labute approximate surface area is 208 Å². The van der Waals surface area contributed by atoms with Crippen molar-refractivity contribution >= 4 is 38.9 Å². The number of aromatic amines is 1. The Kier molecular flexibility index (Phi) is 6.08. The molecule has 8 nitrogen and oxygen atoms in total. The number of H-pyrrole nitrogens is 1. The number of nitro benzene ring substituents is 1. The molecule has 0 radical (unpaired) electrons. The zero-order valence-electron chi connectivity index (χ0n) is 19.1. The maximum Gasteiger partial charge on any atom is 0.312 e. The van der Waals surface area contributed by atoms with E-state index in [0.29, 0.717) is 21.7 Å². The minimum absolute atomic E-state index is 0.0337. The number of nitro groups is 1. The third-order valence-corrected chi connectivity index (χ3v) is 7.22. The van der Waals surface area contributed by atoms with Gasteiger partial charge in [0.05, 0.1) is 15.9 Å². The minimum Gasteiger partial charge on any atom is -0.450 e. The Bertz CT molecular complexity index is 1630. The number of halogens is 1. The summed E-state index contributed by atoms with van der Waals surface area (Å²) in [6.45, 7) is 2.18. The standard InChI is InChI=1S/C26H19FN4O4S/c1-14-2-8-19-22(10-14)36-26-23(19)25(32)29-24(30-26)16(13-28)11-15-3-9-21(20(12-15)31(33)34)35-18-6-4-17(27)5-7-18/h3-7,9,11-12,14H,2,8,10H2,1H3,(H,29,30,32)/b16-11-/t14-/m0/s1. The number of fused-ring (bicyclic) bond motifs is 3. The lowest BCUT2D eigenvalue weighted by molar-refractivity contribution is -0.385. The van der Waals surface area contributed by atoms with Gasteiger partial charge in [0.15, 0.2) is 5.82 Å². The topological polar surface area (TPSA) is 122 Å². The van der Waals surface area contributed by atoms with E-state index in [1.165, 1.54) is 53.8 Å². The Balaban J connectivity index is 1.52. The molecular formula is C26H19FN4O4S. The number of ether oxygens (including phenoxy) is 1. The van der Waals surface area contributed by atoms with Crippen LogP contribution in [0.2, 0.25) is 0 Å². The van der Waals surface area contributed by atoms with Crippen molar-refractivity contribution < 1.29 is 14.1 Å². The van der Waals surface area contributed by atoms with Crippen LogP contribution in [-0.2, 0) is 12.8 Å². The maximum absolute atomic E-state index is 13.1. The number of nitrogens with zero attached hydrogens (tertiary/aromatic N) is 3. The number of thiophene rings is 1. The number of hydrogen-bond donors (Lipinski definition) is 1. The first-order chi connectivity index (χ1) is 17.3. The molecule has 0 saturated carbocycles. The molecule has 1 N–H and O–H groups in total. The van der Waals surface area contributed by atoms with Gasteiger partial charge in [-0.05, 0) is 72.7 Å². The molecule has 0 amide bonds. The monoisotopic (exact) mass is 502 g/mol. The Morgan fingerprint density at radius 1 is 1.33 bits per heavy atom. The van der Waals surface area contributed by atoms with Gasteiger partial charge in [0, 0.05) is 10.9 Å². The van der Waals surface area contributed by atoms with Crippen LogP contribution >= 0.6 is 11.3 Å². The van der Waals surface area contributed by atoms with E-state index in [-0.39, 0.29) is 34.1 Å². The second-order valence-electron chi connectivity index (χ2n) is 8.66. The summed E-state index contributed by atoms with van der Waals surface area (Å²) in [4.78, 5) is 33.0. The number of nitrogens with one attached hydrogen (secondary N) is 1. The van der Waals surface area contributed by atoms with Crippen LogP contribution in [0.5, 0.6) is 11.5 Å². The van der Waals surface area contributed by atoms with Crippen molar-refractivity contribution in [3.8, 4) is 17.6 Å². The molecule has 1 aliphatic carbocycles. The van der Waals surface area contributed by atoms with Crippen LogP contribution in [0.3, 0.4) is 0 Å². The van der Waals surface area contributed by atoms with E-state index < -0.39 is 10.7 Å². The highest BCUT2D eigenvalue weighted by Crippen LogP contribution is 2.36. The zero-order chi connectivity index (χ0) is 25.4. The van der Waals surface area contributed by atoms with Gasteiger partial charge in [0.2, 0.25) is 5.75 Å². The average molecular weight is 503 g/mol. The molecular weight excluding hydrogens is 483 g/mol. The van der Waals surface area contributed by atoms with Gasteiger partial charge in [-0.2, -0.15) is 5.26 Å². The number of aromatic nitrogens is 2. The van der Waals surface area contributed by atoms with E-state index in [4.69, 9.17) is 4.74 Å². The summed E-state index contributed by atoms with van der Waals surface area (Å²) >= 11 is 1.48. The first-order valence-electron chi connectivity index (χ1n) is 11.2.